The van der Waals surface area contributed by atoms with Gasteiger partial charge in [0, 0.05) is 0 Å². The van der Waals surface area contributed by atoms with Crippen LogP contribution in [0.5, 0.6) is 0 Å². The van der Waals surface area contributed by atoms with Crippen molar-refractivity contribution in [2.24, 2.45) is 11.8 Å². The van der Waals surface area contributed by atoms with Gasteiger partial charge in [0.2, 0.25) is 0 Å². The molecule has 0 aromatic heterocycles. The summed E-state index contributed by atoms with van der Waals surface area (Å²) in [6.07, 6.45) is 10.5. The fourth-order valence-corrected chi connectivity index (χ4v) is 3.61. The number of likely N-dealkylation sites (tertiary alicyclic amines) is 1. The van der Waals surface area contributed by atoms with Crippen molar-refractivity contribution in [2.75, 3.05) is 13.1 Å². The van der Waals surface area contributed by atoms with E-state index in [1.54, 1.807) is 0 Å². The zero-order valence-electron chi connectivity index (χ0n) is 10.6. The monoisotopic (exact) mass is 210 g/mol. The minimum Gasteiger partial charge on any atom is -0.333 e. The molecule has 1 aliphatic heterocycles. The van der Waals surface area contributed by atoms with Gasteiger partial charge in [0.25, 0.3) is 0 Å². The van der Waals surface area contributed by atoms with Crippen LogP contribution in [0.1, 0.15) is 58.8 Å². The molecule has 88 valence electrons. The predicted octanol–water partition coefficient (Wildman–Crippen LogP) is 2.27. The summed E-state index contributed by atoms with van der Waals surface area (Å²) in [7, 11) is 0. The Labute approximate surface area is 95.2 Å². The zero-order valence-corrected chi connectivity index (χ0v) is 10.6. The minimum absolute atomic E-state index is 0.919. The third-order valence-corrected chi connectivity index (χ3v) is 4.79. The first-order chi connectivity index (χ1) is 7.27. The van der Waals surface area contributed by atoms with Crippen LogP contribution in [-0.2, 0) is 0 Å². The van der Waals surface area contributed by atoms with Crippen molar-refractivity contribution < 1.29 is 4.90 Å². The summed E-state index contributed by atoms with van der Waals surface area (Å²) in [6, 6.07) is 1.03. The number of rotatable bonds is 2. The molecule has 0 radical (unpaired) electrons. The largest absolute Gasteiger partial charge is 0.333 e. The summed E-state index contributed by atoms with van der Waals surface area (Å²) < 4.78 is 0. The predicted molar refractivity (Wildman–Crippen MR) is 65.1 cm³/mol. The number of piperidine rings is 1. The molecular formula is C14H28N+. The van der Waals surface area contributed by atoms with Gasteiger partial charge >= 0.3 is 0 Å². The average molecular weight is 210 g/mol. The zero-order chi connectivity index (χ0) is 10.7. The highest BCUT2D eigenvalue weighted by atomic mass is 15.2. The maximum atomic E-state index is 2.40. The Hall–Kier alpha value is -0.0400. The molecule has 15 heavy (non-hydrogen) atoms. The molecule has 1 N–H and O–H groups in total. The molecule has 0 unspecified atom stereocenters. The van der Waals surface area contributed by atoms with Crippen LogP contribution in [0.4, 0.5) is 0 Å². The summed E-state index contributed by atoms with van der Waals surface area (Å²) in [5, 5.41) is 0. The molecule has 0 bridgehead atoms. The van der Waals surface area contributed by atoms with Crippen molar-refractivity contribution in [2.45, 2.75) is 64.8 Å². The van der Waals surface area contributed by atoms with Gasteiger partial charge in [-0.3, -0.25) is 0 Å². The van der Waals surface area contributed by atoms with Gasteiger partial charge in [0.1, 0.15) is 0 Å². The van der Waals surface area contributed by atoms with Crippen molar-refractivity contribution in [1.82, 2.24) is 0 Å². The molecule has 2 aliphatic rings. The van der Waals surface area contributed by atoms with Gasteiger partial charge in [-0.05, 0) is 56.8 Å². The van der Waals surface area contributed by atoms with Crippen LogP contribution >= 0.6 is 0 Å². The van der Waals surface area contributed by atoms with E-state index in [9.17, 15) is 0 Å². The summed E-state index contributed by atoms with van der Waals surface area (Å²) in [6.45, 7) is 7.74. The Morgan fingerprint density at radius 1 is 0.867 bits per heavy atom. The molecule has 0 aromatic carbocycles. The number of hydrogen-bond acceptors (Lipinski definition) is 0. The van der Waals surface area contributed by atoms with E-state index in [4.69, 9.17) is 0 Å². The van der Waals surface area contributed by atoms with E-state index in [-0.39, 0.29) is 0 Å². The van der Waals surface area contributed by atoms with Gasteiger partial charge in [0.15, 0.2) is 0 Å². The fourth-order valence-electron chi connectivity index (χ4n) is 3.61. The second kappa shape index (κ2) is 5.34. The van der Waals surface area contributed by atoms with Gasteiger partial charge in [0.05, 0.1) is 19.1 Å². The molecule has 1 nitrogen and oxygen atoms in total. The van der Waals surface area contributed by atoms with Crippen LogP contribution in [0.15, 0.2) is 0 Å². The highest BCUT2D eigenvalue weighted by molar-refractivity contribution is 4.74. The molecule has 2 rings (SSSR count). The minimum atomic E-state index is 0.919. The third kappa shape index (κ3) is 2.96. The quantitative estimate of drug-likeness (QED) is 0.713. The first-order valence-corrected chi connectivity index (χ1v) is 7.12. The molecule has 1 heteroatoms. The van der Waals surface area contributed by atoms with E-state index >= 15 is 0 Å². The molecule has 1 saturated carbocycles. The molecule has 1 saturated heterocycles. The van der Waals surface area contributed by atoms with E-state index in [1.165, 1.54) is 58.0 Å². The summed E-state index contributed by atoms with van der Waals surface area (Å²) >= 11 is 0. The first-order valence-electron chi connectivity index (χ1n) is 7.12. The van der Waals surface area contributed by atoms with Gasteiger partial charge in [-0.1, -0.05) is 13.8 Å². The number of nitrogens with one attached hydrogen (secondary N) is 1. The molecule has 0 spiro atoms. The van der Waals surface area contributed by atoms with Crippen molar-refractivity contribution in [3.8, 4) is 0 Å². The van der Waals surface area contributed by atoms with Crippen molar-refractivity contribution in [1.29, 1.82) is 0 Å². The molecular weight excluding hydrogens is 182 g/mol. The van der Waals surface area contributed by atoms with Gasteiger partial charge < -0.3 is 4.90 Å². The molecule has 1 heterocycles. The second-order valence-electron chi connectivity index (χ2n) is 6.07. The topological polar surface area (TPSA) is 4.44 Å². The molecule has 0 aromatic rings. The smallest absolute Gasteiger partial charge is 0.0874 e. The molecule has 0 amide bonds. The van der Waals surface area contributed by atoms with Gasteiger partial charge in [-0.25, -0.2) is 0 Å². The highest BCUT2D eigenvalue weighted by Gasteiger charge is 2.30. The lowest BCUT2D eigenvalue weighted by Gasteiger charge is -2.37. The van der Waals surface area contributed by atoms with E-state index in [0.29, 0.717) is 0 Å². The Bertz CT molecular complexity index is 174. The number of quaternary nitrogens is 1. The van der Waals surface area contributed by atoms with Crippen molar-refractivity contribution in [3.05, 3.63) is 0 Å². The fraction of sp³-hybridized carbons (Fsp3) is 1.00. The summed E-state index contributed by atoms with van der Waals surface area (Å²) in [5.74, 6) is 1.95. The maximum Gasteiger partial charge on any atom is 0.0874 e. The van der Waals surface area contributed by atoms with E-state index in [0.717, 1.165) is 17.9 Å². The van der Waals surface area contributed by atoms with Crippen LogP contribution in [0.2, 0.25) is 0 Å². The molecule has 2 fully saturated rings. The standard InChI is InChI=1S/C14H27N/c1-12(2)13-6-8-14(9-7-13)15-10-4-3-5-11-15/h12-14H,3-11H2,1-2H3/p+1. The van der Waals surface area contributed by atoms with Crippen LogP contribution in [0.25, 0.3) is 0 Å². The van der Waals surface area contributed by atoms with Crippen LogP contribution in [-0.4, -0.2) is 19.1 Å². The Morgan fingerprint density at radius 2 is 1.47 bits per heavy atom. The second-order valence-corrected chi connectivity index (χ2v) is 6.07. The Balaban J connectivity index is 1.77. The Morgan fingerprint density at radius 3 is 2.00 bits per heavy atom. The summed E-state index contributed by atoms with van der Waals surface area (Å²) in [4.78, 5) is 1.95. The van der Waals surface area contributed by atoms with E-state index in [1.807, 2.05) is 4.90 Å². The lowest BCUT2D eigenvalue weighted by Crippen LogP contribution is -3.16. The van der Waals surface area contributed by atoms with Gasteiger partial charge in [-0.15, -0.1) is 0 Å². The Kier molecular flexibility index (Phi) is 4.07. The summed E-state index contributed by atoms with van der Waals surface area (Å²) in [5.41, 5.74) is 0. The maximum absolute atomic E-state index is 2.40. The van der Waals surface area contributed by atoms with E-state index in [2.05, 4.69) is 13.8 Å². The SMILES string of the molecule is CC(C)C1CCC([NH+]2CCCCC2)CC1. The van der Waals surface area contributed by atoms with E-state index < -0.39 is 0 Å². The highest BCUT2D eigenvalue weighted by Crippen LogP contribution is 2.29. The molecule has 0 atom stereocenters. The van der Waals surface area contributed by atoms with Crippen LogP contribution in [0, 0.1) is 11.8 Å². The average Bonchev–Trinajstić information content (AvgIpc) is 2.30. The number of hydrogen-bond donors (Lipinski definition) is 1. The lowest BCUT2D eigenvalue weighted by molar-refractivity contribution is -0.931. The molecule has 1 aliphatic carbocycles. The van der Waals surface area contributed by atoms with Crippen LogP contribution < -0.4 is 4.90 Å². The lowest BCUT2D eigenvalue weighted by atomic mass is 9.79. The van der Waals surface area contributed by atoms with Crippen LogP contribution in [0.3, 0.4) is 0 Å². The third-order valence-electron chi connectivity index (χ3n) is 4.79. The van der Waals surface area contributed by atoms with Crippen molar-refractivity contribution in [3.63, 3.8) is 0 Å². The van der Waals surface area contributed by atoms with Gasteiger partial charge in [-0.2, -0.15) is 0 Å². The normalized spacial score (nSPS) is 34.6. The first kappa shape index (κ1) is 11.4. The van der Waals surface area contributed by atoms with Crippen molar-refractivity contribution >= 4 is 0 Å².